The first kappa shape index (κ1) is 12.4. The normalized spacial score (nSPS) is 20.8. The van der Waals surface area contributed by atoms with Gasteiger partial charge in [-0.3, -0.25) is 0 Å². The third kappa shape index (κ3) is 3.20. The van der Waals surface area contributed by atoms with Gasteiger partial charge in [0.05, 0.1) is 12.7 Å². The second-order valence-corrected chi connectivity index (χ2v) is 4.85. The van der Waals surface area contributed by atoms with Crippen LogP contribution in [-0.4, -0.2) is 17.8 Å². The second kappa shape index (κ2) is 5.52. The number of rotatable bonds is 4. The minimum absolute atomic E-state index is 0.152. The molecule has 0 radical (unpaired) electrons. The Balaban J connectivity index is 2.02. The maximum Gasteiger partial charge on any atom is 0.119 e. The van der Waals surface area contributed by atoms with E-state index >= 15 is 0 Å². The Kier molecular flexibility index (Phi) is 4.02. The highest BCUT2D eigenvalue weighted by molar-refractivity contribution is 5.39. The van der Waals surface area contributed by atoms with E-state index in [0.717, 1.165) is 18.6 Å². The predicted octanol–water partition coefficient (Wildman–Crippen LogP) is 2.17. The van der Waals surface area contributed by atoms with Crippen LogP contribution in [0.4, 0.5) is 0 Å². The van der Waals surface area contributed by atoms with E-state index in [4.69, 9.17) is 15.6 Å². The fourth-order valence-electron chi connectivity index (χ4n) is 2.25. The summed E-state index contributed by atoms with van der Waals surface area (Å²) in [5.74, 6) is 0.863. The Labute approximate surface area is 103 Å². The first-order valence-electron chi connectivity index (χ1n) is 6.36. The molecule has 1 aliphatic carbocycles. The molecular formula is C14H21NO2. The van der Waals surface area contributed by atoms with Crippen LogP contribution in [0, 0.1) is 0 Å². The predicted molar refractivity (Wildman–Crippen MR) is 68.1 cm³/mol. The zero-order valence-electron chi connectivity index (χ0n) is 10.4. The van der Waals surface area contributed by atoms with Crippen molar-refractivity contribution in [2.75, 3.05) is 6.61 Å². The smallest absolute Gasteiger partial charge is 0.119 e. The first-order chi connectivity index (χ1) is 8.16. The number of hydrogen-bond donors (Lipinski definition) is 2. The van der Waals surface area contributed by atoms with Gasteiger partial charge in [-0.2, -0.15) is 0 Å². The van der Waals surface area contributed by atoms with Crippen LogP contribution in [0.5, 0.6) is 5.75 Å². The van der Waals surface area contributed by atoms with Crippen LogP contribution in [0.25, 0.3) is 0 Å². The Morgan fingerprint density at radius 3 is 3.12 bits per heavy atom. The van der Waals surface area contributed by atoms with Gasteiger partial charge in [-0.1, -0.05) is 6.07 Å². The third-order valence-corrected chi connectivity index (χ3v) is 3.28. The summed E-state index contributed by atoms with van der Waals surface area (Å²) in [6.07, 6.45) is 3.70. The summed E-state index contributed by atoms with van der Waals surface area (Å²) in [6, 6.07) is 6.32. The lowest BCUT2D eigenvalue weighted by Gasteiger charge is -2.22. The zero-order valence-corrected chi connectivity index (χ0v) is 10.4. The van der Waals surface area contributed by atoms with E-state index in [-0.39, 0.29) is 12.1 Å². The number of fused-ring (bicyclic) bond motifs is 1. The van der Waals surface area contributed by atoms with Crippen LogP contribution in [0.3, 0.4) is 0 Å². The van der Waals surface area contributed by atoms with Gasteiger partial charge in [-0.25, -0.2) is 0 Å². The summed E-state index contributed by atoms with van der Waals surface area (Å²) in [4.78, 5) is 0. The van der Waals surface area contributed by atoms with Crippen LogP contribution in [0.2, 0.25) is 0 Å². The van der Waals surface area contributed by atoms with Gasteiger partial charge in [0.25, 0.3) is 0 Å². The second-order valence-electron chi connectivity index (χ2n) is 4.85. The fraction of sp³-hybridized carbons (Fsp3) is 0.571. The molecule has 0 bridgehead atoms. The molecule has 2 rings (SSSR count). The molecule has 3 heteroatoms. The van der Waals surface area contributed by atoms with Crippen molar-refractivity contribution < 1.29 is 9.84 Å². The van der Waals surface area contributed by atoms with Gasteiger partial charge in [0.15, 0.2) is 0 Å². The summed E-state index contributed by atoms with van der Waals surface area (Å²) < 4.78 is 5.62. The average Bonchev–Trinajstić information content (AvgIpc) is 2.30. The molecule has 1 unspecified atom stereocenters. The number of aliphatic hydroxyl groups excluding tert-OH is 1. The van der Waals surface area contributed by atoms with Gasteiger partial charge >= 0.3 is 0 Å². The molecule has 2 atom stereocenters. The summed E-state index contributed by atoms with van der Waals surface area (Å²) in [7, 11) is 0. The monoisotopic (exact) mass is 235 g/mol. The minimum atomic E-state index is -0.310. The van der Waals surface area contributed by atoms with Crippen LogP contribution in [-0.2, 0) is 6.42 Å². The van der Waals surface area contributed by atoms with E-state index in [0.29, 0.717) is 13.0 Å². The topological polar surface area (TPSA) is 55.5 Å². The number of aliphatic hydroxyl groups is 1. The van der Waals surface area contributed by atoms with Crippen molar-refractivity contribution in [3.63, 3.8) is 0 Å². The van der Waals surface area contributed by atoms with Crippen LogP contribution in [0.15, 0.2) is 18.2 Å². The van der Waals surface area contributed by atoms with Crippen LogP contribution < -0.4 is 10.5 Å². The Morgan fingerprint density at radius 1 is 1.53 bits per heavy atom. The molecule has 0 spiro atoms. The highest BCUT2D eigenvalue weighted by Crippen LogP contribution is 2.30. The van der Waals surface area contributed by atoms with Gasteiger partial charge in [-0.05, 0) is 49.4 Å². The van der Waals surface area contributed by atoms with Crippen molar-refractivity contribution in [3.8, 4) is 5.75 Å². The van der Waals surface area contributed by atoms with Gasteiger partial charge in [-0.15, -0.1) is 0 Å². The van der Waals surface area contributed by atoms with Gasteiger partial charge < -0.3 is 15.6 Å². The quantitative estimate of drug-likeness (QED) is 0.841. The molecule has 1 aromatic carbocycles. The molecule has 17 heavy (non-hydrogen) atoms. The molecule has 0 saturated heterocycles. The Morgan fingerprint density at radius 2 is 2.35 bits per heavy atom. The molecule has 0 amide bonds. The first-order valence-corrected chi connectivity index (χ1v) is 6.36. The summed E-state index contributed by atoms with van der Waals surface area (Å²) in [5.41, 5.74) is 8.68. The molecule has 94 valence electrons. The molecule has 3 N–H and O–H groups in total. The van der Waals surface area contributed by atoms with Crippen molar-refractivity contribution in [2.45, 2.75) is 44.8 Å². The Bertz CT molecular complexity index is 376. The van der Waals surface area contributed by atoms with Crippen molar-refractivity contribution in [3.05, 3.63) is 29.3 Å². The lowest BCUT2D eigenvalue weighted by atomic mass is 9.88. The molecule has 0 fully saturated rings. The number of aryl methyl sites for hydroxylation is 1. The maximum absolute atomic E-state index is 9.16. The van der Waals surface area contributed by atoms with Crippen molar-refractivity contribution in [1.82, 2.24) is 0 Å². The largest absolute Gasteiger partial charge is 0.493 e. The molecule has 1 aromatic rings. The number of nitrogens with two attached hydrogens (primary N) is 1. The fourth-order valence-corrected chi connectivity index (χ4v) is 2.25. The molecule has 0 heterocycles. The van der Waals surface area contributed by atoms with E-state index in [1.165, 1.54) is 17.5 Å². The molecule has 1 aliphatic rings. The standard InChI is InChI=1S/C14H21NO2/c1-10(16)7-8-17-12-6-5-11-3-2-4-14(15)13(11)9-12/h5-6,9-10,14,16H,2-4,7-8,15H2,1H3/t10?,14-/m1/s1. The SMILES string of the molecule is CC(O)CCOc1ccc2c(c1)[C@H](N)CCC2. The number of ether oxygens (including phenoxy) is 1. The van der Waals surface area contributed by atoms with Crippen molar-refractivity contribution in [1.29, 1.82) is 0 Å². The number of benzene rings is 1. The zero-order chi connectivity index (χ0) is 12.3. The lowest BCUT2D eigenvalue weighted by molar-refractivity contribution is 0.155. The summed E-state index contributed by atoms with van der Waals surface area (Å²) in [6.45, 7) is 2.32. The molecular weight excluding hydrogens is 214 g/mol. The average molecular weight is 235 g/mol. The third-order valence-electron chi connectivity index (χ3n) is 3.28. The molecule has 0 saturated carbocycles. The molecule has 0 aliphatic heterocycles. The highest BCUT2D eigenvalue weighted by Gasteiger charge is 2.17. The van der Waals surface area contributed by atoms with Crippen molar-refractivity contribution >= 4 is 0 Å². The van der Waals surface area contributed by atoms with E-state index in [1.807, 2.05) is 6.07 Å². The molecule has 3 nitrogen and oxygen atoms in total. The minimum Gasteiger partial charge on any atom is -0.493 e. The Hall–Kier alpha value is -1.06. The van der Waals surface area contributed by atoms with Crippen LogP contribution >= 0.6 is 0 Å². The van der Waals surface area contributed by atoms with Gasteiger partial charge in [0.2, 0.25) is 0 Å². The molecule has 0 aromatic heterocycles. The van der Waals surface area contributed by atoms with E-state index in [9.17, 15) is 0 Å². The summed E-state index contributed by atoms with van der Waals surface area (Å²) >= 11 is 0. The van der Waals surface area contributed by atoms with Crippen LogP contribution in [0.1, 0.15) is 43.4 Å². The lowest BCUT2D eigenvalue weighted by Crippen LogP contribution is -2.17. The number of hydrogen-bond acceptors (Lipinski definition) is 3. The van der Waals surface area contributed by atoms with Gasteiger partial charge in [0, 0.05) is 12.5 Å². The van der Waals surface area contributed by atoms with Crippen molar-refractivity contribution in [2.24, 2.45) is 5.73 Å². The maximum atomic E-state index is 9.16. The highest BCUT2D eigenvalue weighted by atomic mass is 16.5. The van der Waals surface area contributed by atoms with E-state index < -0.39 is 0 Å². The summed E-state index contributed by atoms with van der Waals surface area (Å²) in [5, 5.41) is 9.16. The van der Waals surface area contributed by atoms with E-state index in [1.54, 1.807) is 6.92 Å². The van der Waals surface area contributed by atoms with E-state index in [2.05, 4.69) is 12.1 Å². The van der Waals surface area contributed by atoms with Gasteiger partial charge in [0.1, 0.15) is 5.75 Å².